The van der Waals surface area contributed by atoms with E-state index in [-0.39, 0.29) is 22.2 Å². The van der Waals surface area contributed by atoms with Crippen molar-refractivity contribution in [1.82, 2.24) is 0 Å². The Bertz CT molecular complexity index is 1270. The van der Waals surface area contributed by atoms with Crippen molar-refractivity contribution in [3.05, 3.63) is 98.5 Å². The second kappa shape index (κ2) is 11.4. The van der Waals surface area contributed by atoms with E-state index in [9.17, 15) is 14.9 Å². The molecular formula is C26H20Cl2N2O4. The van der Waals surface area contributed by atoms with Crippen LogP contribution in [0, 0.1) is 18.3 Å². The summed E-state index contributed by atoms with van der Waals surface area (Å²) in [5.74, 6) is -0.800. The smallest absolute Gasteiger partial charge is 0.337 e. The number of benzene rings is 3. The Hall–Kier alpha value is -3.79. The Kier molecular flexibility index (Phi) is 8.31. The first-order valence-corrected chi connectivity index (χ1v) is 10.8. The molecule has 6 nitrogen and oxygen atoms in total. The fourth-order valence-corrected chi connectivity index (χ4v) is 3.69. The third-order valence-electron chi connectivity index (χ3n) is 4.73. The number of esters is 1. The number of hydrogen-bond donors (Lipinski definition) is 1. The van der Waals surface area contributed by atoms with Gasteiger partial charge in [-0.05, 0) is 60.5 Å². The number of rotatable bonds is 7. The lowest BCUT2D eigenvalue weighted by molar-refractivity contribution is -0.112. The fourth-order valence-electron chi connectivity index (χ4n) is 3.08. The minimum Gasteiger partial charge on any atom is -0.486 e. The highest BCUT2D eigenvalue weighted by atomic mass is 35.5. The number of halogens is 2. The molecule has 172 valence electrons. The van der Waals surface area contributed by atoms with Crippen LogP contribution < -0.4 is 10.1 Å². The number of ether oxygens (including phenoxy) is 2. The van der Waals surface area contributed by atoms with Gasteiger partial charge in [0.2, 0.25) is 0 Å². The molecule has 0 aliphatic carbocycles. The molecule has 0 saturated carbocycles. The molecule has 3 aromatic carbocycles. The van der Waals surface area contributed by atoms with Crippen molar-refractivity contribution < 1.29 is 19.1 Å². The lowest BCUT2D eigenvalue weighted by atomic mass is 10.1. The molecule has 0 bridgehead atoms. The normalized spacial score (nSPS) is 10.9. The molecule has 34 heavy (non-hydrogen) atoms. The first kappa shape index (κ1) is 24.8. The number of methoxy groups -OCH3 is 1. The molecule has 0 aliphatic rings. The van der Waals surface area contributed by atoms with E-state index in [1.807, 2.05) is 37.3 Å². The molecule has 0 radical (unpaired) electrons. The molecule has 3 aromatic rings. The van der Waals surface area contributed by atoms with Gasteiger partial charge in [-0.1, -0.05) is 53.0 Å². The molecule has 0 aliphatic heterocycles. The van der Waals surface area contributed by atoms with Gasteiger partial charge in [0.15, 0.2) is 5.75 Å². The zero-order valence-electron chi connectivity index (χ0n) is 18.4. The Morgan fingerprint density at radius 3 is 2.32 bits per heavy atom. The largest absolute Gasteiger partial charge is 0.486 e. The van der Waals surface area contributed by atoms with E-state index in [1.165, 1.54) is 37.5 Å². The van der Waals surface area contributed by atoms with E-state index in [0.717, 1.165) is 11.1 Å². The highest BCUT2D eigenvalue weighted by Gasteiger charge is 2.14. The van der Waals surface area contributed by atoms with Crippen LogP contribution in [0.2, 0.25) is 10.0 Å². The summed E-state index contributed by atoms with van der Waals surface area (Å²) in [4.78, 5) is 24.1. The number of hydrogen-bond acceptors (Lipinski definition) is 5. The summed E-state index contributed by atoms with van der Waals surface area (Å²) in [6.07, 6.45) is 1.38. The third-order valence-corrected chi connectivity index (χ3v) is 5.29. The predicted molar refractivity (Wildman–Crippen MR) is 132 cm³/mol. The number of nitrogens with zero attached hydrogens (tertiary/aromatic N) is 1. The van der Waals surface area contributed by atoms with Crippen LogP contribution in [0.4, 0.5) is 5.69 Å². The monoisotopic (exact) mass is 494 g/mol. The van der Waals surface area contributed by atoms with Crippen LogP contribution in [-0.2, 0) is 16.1 Å². The zero-order chi connectivity index (χ0) is 24.7. The van der Waals surface area contributed by atoms with Gasteiger partial charge in [0.1, 0.15) is 18.2 Å². The maximum atomic E-state index is 12.6. The third kappa shape index (κ3) is 6.38. The maximum absolute atomic E-state index is 12.6. The summed E-state index contributed by atoms with van der Waals surface area (Å²) in [5, 5.41) is 12.6. The lowest BCUT2D eigenvalue weighted by Gasteiger charge is -2.11. The topological polar surface area (TPSA) is 88.4 Å². The number of carbonyl (C=O) groups is 2. The first-order chi connectivity index (χ1) is 16.3. The number of amides is 1. The average Bonchev–Trinajstić information content (AvgIpc) is 2.82. The van der Waals surface area contributed by atoms with E-state index in [4.69, 9.17) is 27.9 Å². The molecular weight excluding hydrogens is 475 g/mol. The van der Waals surface area contributed by atoms with Crippen LogP contribution in [0.3, 0.4) is 0 Å². The number of carbonyl (C=O) groups excluding carboxylic acids is 2. The van der Waals surface area contributed by atoms with Gasteiger partial charge in [0, 0.05) is 5.69 Å². The number of aryl methyl sites for hydroxylation is 1. The Morgan fingerprint density at radius 1 is 1.06 bits per heavy atom. The highest BCUT2D eigenvalue weighted by Crippen LogP contribution is 2.35. The average molecular weight is 495 g/mol. The number of nitriles is 1. The molecule has 3 rings (SSSR count). The second-order valence-electron chi connectivity index (χ2n) is 7.28. The molecule has 0 aromatic heterocycles. The molecule has 0 fully saturated rings. The SMILES string of the molecule is COC(=O)c1ccc(NC(=O)/C(C#N)=C/c2cc(Cl)c(OCc3cccc(C)c3)c(Cl)c2)cc1. The van der Waals surface area contributed by atoms with Crippen molar-refractivity contribution in [3.63, 3.8) is 0 Å². The van der Waals surface area contributed by atoms with Crippen molar-refractivity contribution >= 4 is 46.8 Å². The van der Waals surface area contributed by atoms with E-state index in [1.54, 1.807) is 12.1 Å². The Morgan fingerprint density at radius 2 is 1.74 bits per heavy atom. The van der Waals surface area contributed by atoms with Crippen molar-refractivity contribution in [2.45, 2.75) is 13.5 Å². The predicted octanol–water partition coefficient (Wildman–Crippen LogP) is 6.21. The molecule has 0 saturated heterocycles. The van der Waals surface area contributed by atoms with E-state index >= 15 is 0 Å². The van der Waals surface area contributed by atoms with Crippen molar-refractivity contribution in [1.29, 1.82) is 5.26 Å². The number of nitrogens with one attached hydrogen (secondary N) is 1. The van der Waals surface area contributed by atoms with Crippen LogP contribution in [-0.4, -0.2) is 19.0 Å². The summed E-state index contributed by atoms with van der Waals surface area (Å²) < 4.78 is 10.4. The van der Waals surface area contributed by atoms with Gasteiger partial charge >= 0.3 is 5.97 Å². The van der Waals surface area contributed by atoms with Crippen molar-refractivity contribution in [2.75, 3.05) is 12.4 Å². The van der Waals surface area contributed by atoms with Gasteiger partial charge in [-0.2, -0.15) is 5.26 Å². The molecule has 1 N–H and O–H groups in total. The molecule has 0 atom stereocenters. The van der Waals surface area contributed by atoms with Gasteiger partial charge in [0.25, 0.3) is 5.91 Å². The summed E-state index contributed by atoms with van der Waals surface area (Å²) in [6, 6.07) is 18.9. The first-order valence-electron chi connectivity index (χ1n) is 10.1. The Balaban J connectivity index is 1.74. The minimum atomic E-state index is -0.625. The standard InChI is InChI=1S/C26H20Cl2N2O4/c1-16-4-3-5-17(10-16)15-34-24-22(27)12-18(13-23(24)28)11-20(14-29)25(31)30-21-8-6-19(7-9-21)26(32)33-2/h3-13H,15H2,1-2H3,(H,30,31)/b20-11+. The molecule has 0 spiro atoms. The lowest BCUT2D eigenvalue weighted by Crippen LogP contribution is -2.13. The van der Waals surface area contributed by atoms with Crippen LogP contribution in [0.15, 0.2) is 66.2 Å². The van der Waals surface area contributed by atoms with Gasteiger partial charge < -0.3 is 14.8 Å². The second-order valence-corrected chi connectivity index (χ2v) is 8.10. The minimum absolute atomic E-state index is 0.155. The van der Waals surface area contributed by atoms with E-state index in [2.05, 4.69) is 10.1 Å². The summed E-state index contributed by atoms with van der Waals surface area (Å²) in [5.41, 5.74) is 3.14. The molecule has 8 heteroatoms. The van der Waals surface area contributed by atoms with E-state index in [0.29, 0.717) is 22.6 Å². The van der Waals surface area contributed by atoms with Gasteiger partial charge in [-0.3, -0.25) is 4.79 Å². The highest BCUT2D eigenvalue weighted by molar-refractivity contribution is 6.37. The van der Waals surface area contributed by atoms with Crippen LogP contribution in [0.25, 0.3) is 6.08 Å². The molecule has 0 unspecified atom stereocenters. The fraction of sp³-hybridized carbons (Fsp3) is 0.115. The van der Waals surface area contributed by atoms with Crippen molar-refractivity contribution in [2.24, 2.45) is 0 Å². The van der Waals surface area contributed by atoms with Crippen LogP contribution in [0.1, 0.15) is 27.0 Å². The summed E-state index contributed by atoms with van der Waals surface area (Å²) >= 11 is 12.7. The van der Waals surface area contributed by atoms with Gasteiger partial charge in [0.05, 0.1) is 22.7 Å². The van der Waals surface area contributed by atoms with Crippen LogP contribution >= 0.6 is 23.2 Å². The van der Waals surface area contributed by atoms with Crippen LogP contribution in [0.5, 0.6) is 5.75 Å². The van der Waals surface area contributed by atoms with E-state index < -0.39 is 11.9 Å². The summed E-state index contributed by atoms with van der Waals surface area (Å²) in [7, 11) is 1.28. The summed E-state index contributed by atoms with van der Waals surface area (Å²) in [6.45, 7) is 2.28. The zero-order valence-corrected chi connectivity index (χ0v) is 19.9. The Labute approximate surface area is 207 Å². The van der Waals surface area contributed by atoms with Crippen molar-refractivity contribution in [3.8, 4) is 11.8 Å². The molecule has 1 amide bonds. The quantitative estimate of drug-likeness (QED) is 0.239. The van der Waals surface area contributed by atoms with Gasteiger partial charge in [-0.25, -0.2) is 4.79 Å². The van der Waals surface area contributed by atoms with Gasteiger partial charge in [-0.15, -0.1) is 0 Å². The maximum Gasteiger partial charge on any atom is 0.337 e. The number of anilines is 1. The molecule has 0 heterocycles.